The summed E-state index contributed by atoms with van der Waals surface area (Å²) >= 11 is 0. The molecular weight excluding hydrogens is 300 g/mol. The maximum atomic E-state index is 12.3. The van der Waals surface area contributed by atoms with Gasteiger partial charge in [-0.05, 0) is 18.1 Å². The summed E-state index contributed by atoms with van der Waals surface area (Å²) < 4.78 is 0. The summed E-state index contributed by atoms with van der Waals surface area (Å²) in [7, 11) is 1.82. The number of hydrogen-bond donors (Lipinski definition) is 0. The first-order chi connectivity index (χ1) is 11.6. The lowest BCUT2D eigenvalue weighted by molar-refractivity contribution is -0.130. The fourth-order valence-corrected chi connectivity index (χ4v) is 2.76. The van der Waals surface area contributed by atoms with Crippen molar-refractivity contribution in [3.8, 4) is 0 Å². The van der Waals surface area contributed by atoms with E-state index in [1.807, 2.05) is 37.4 Å². The van der Waals surface area contributed by atoms with Crippen LogP contribution in [0.4, 0.5) is 0 Å². The second kappa shape index (κ2) is 7.30. The molecule has 0 aliphatic carbocycles. The van der Waals surface area contributed by atoms with E-state index in [2.05, 4.69) is 36.3 Å². The normalized spacial score (nSPS) is 16.4. The second-order valence-corrected chi connectivity index (χ2v) is 6.27. The zero-order valence-corrected chi connectivity index (χ0v) is 14.1. The third kappa shape index (κ3) is 4.02. The summed E-state index contributed by atoms with van der Waals surface area (Å²) in [5, 5.41) is 4.19. The van der Waals surface area contributed by atoms with Gasteiger partial charge in [-0.2, -0.15) is 0 Å². The Balaban J connectivity index is 1.52. The number of aryl methyl sites for hydroxylation is 1. The molecule has 0 saturated heterocycles. The minimum absolute atomic E-state index is 0.0778. The van der Waals surface area contributed by atoms with Crippen LogP contribution in [0.5, 0.6) is 0 Å². The van der Waals surface area contributed by atoms with Crippen LogP contribution in [0, 0.1) is 6.92 Å². The highest BCUT2D eigenvalue weighted by Gasteiger charge is 2.25. The Kier molecular flexibility index (Phi) is 4.94. The van der Waals surface area contributed by atoms with Gasteiger partial charge in [-0.3, -0.25) is 4.79 Å². The number of benzene rings is 2. The monoisotopic (exact) mass is 322 g/mol. The molecule has 1 heterocycles. The molecule has 3 rings (SSSR count). The Morgan fingerprint density at radius 1 is 1.17 bits per heavy atom. The van der Waals surface area contributed by atoms with Gasteiger partial charge in [0.25, 0.3) is 0 Å². The van der Waals surface area contributed by atoms with Crippen molar-refractivity contribution in [1.29, 1.82) is 0 Å². The number of hydrogen-bond acceptors (Lipinski definition) is 3. The minimum atomic E-state index is -0.0778. The first kappa shape index (κ1) is 16.2. The molecule has 124 valence electrons. The Morgan fingerprint density at radius 2 is 1.88 bits per heavy atom. The van der Waals surface area contributed by atoms with Crippen molar-refractivity contribution < 1.29 is 9.63 Å². The molecule has 4 heteroatoms. The average Bonchev–Trinajstić information content (AvgIpc) is 3.05. The van der Waals surface area contributed by atoms with Crippen LogP contribution in [0.15, 0.2) is 59.8 Å². The van der Waals surface area contributed by atoms with Crippen molar-refractivity contribution in [2.45, 2.75) is 25.9 Å². The molecule has 1 aliphatic rings. The number of likely N-dealkylation sites (N-methyl/N-ethyl adjacent to an activating group) is 1. The predicted molar refractivity (Wildman–Crippen MR) is 95.0 cm³/mol. The lowest BCUT2D eigenvalue weighted by Crippen LogP contribution is -2.35. The highest BCUT2D eigenvalue weighted by atomic mass is 16.6. The maximum Gasteiger partial charge on any atom is 0.226 e. The van der Waals surface area contributed by atoms with E-state index in [4.69, 9.17) is 4.84 Å². The van der Waals surface area contributed by atoms with Crippen LogP contribution < -0.4 is 0 Å². The van der Waals surface area contributed by atoms with Gasteiger partial charge in [-0.25, -0.2) is 0 Å². The van der Waals surface area contributed by atoms with E-state index < -0.39 is 0 Å². The summed E-state index contributed by atoms with van der Waals surface area (Å²) in [5.74, 6) is 0.0913. The quantitative estimate of drug-likeness (QED) is 0.848. The molecule has 4 nitrogen and oxygen atoms in total. The highest BCUT2D eigenvalue weighted by molar-refractivity contribution is 6.01. The molecule has 0 N–H and O–H groups in total. The molecule has 0 fully saturated rings. The predicted octanol–water partition coefficient (Wildman–Crippen LogP) is 3.19. The van der Waals surface area contributed by atoms with Gasteiger partial charge in [0.2, 0.25) is 5.91 Å². The molecule has 1 atom stereocenters. The summed E-state index contributed by atoms with van der Waals surface area (Å²) in [4.78, 5) is 19.6. The first-order valence-corrected chi connectivity index (χ1v) is 8.19. The lowest BCUT2D eigenvalue weighted by atomic mass is 10.0. The van der Waals surface area contributed by atoms with E-state index in [-0.39, 0.29) is 12.0 Å². The van der Waals surface area contributed by atoms with Crippen LogP contribution >= 0.6 is 0 Å². The van der Waals surface area contributed by atoms with E-state index in [1.165, 1.54) is 5.56 Å². The Bertz CT molecular complexity index is 723. The second-order valence-electron chi connectivity index (χ2n) is 6.27. The van der Waals surface area contributed by atoms with Crippen molar-refractivity contribution in [2.24, 2.45) is 5.16 Å². The molecule has 2 aromatic carbocycles. The first-order valence-electron chi connectivity index (χ1n) is 8.19. The molecule has 24 heavy (non-hydrogen) atoms. The fraction of sp³-hybridized carbons (Fsp3) is 0.300. The van der Waals surface area contributed by atoms with Crippen molar-refractivity contribution >= 4 is 11.6 Å². The summed E-state index contributed by atoms with van der Waals surface area (Å²) in [6.45, 7) is 2.61. The standard InChI is InChI=1S/C20H22N2O2/c1-15-8-10-17(11-9-15)19-13-18(24-21-19)14-22(2)20(23)12-16-6-4-3-5-7-16/h3-11,18H,12-14H2,1-2H3. The molecule has 0 radical (unpaired) electrons. The van der Waals surface area contributed by atoms with E-state index in [0.717, 1.165) is 23.3 Å². The van der Waals surface area contributed by atoms with Gasteiger partial charge in [0.15, 0.2) is 6.10 Å². The summed E-state index contributed by atoms with van der Waals surface area (Å²) in [5.41, 5.74) is 4.28. The smallest absolute Gasteiger partial charge is 0.226 e. The summed E-state index contributed by atoms with van der Waals surface area (Å²) in [6.07, 6.45) is 1.06. The van der Waals surface area contributed by atoms with Crippen LogP contribution in [-0.4, -0.2) is 36.2 Å². The number of nitrogens with zero attached hydrogens (tertiary/aromatic N) is 2. The van der Waals surface area contributed by atoms with Crippen molar-refractivity contribution in [3.05, 3.63) is 71.3 Å². The third-order valence-corrected chi connectivity index (χ3v) is 4.22. The van der Waals surface area contributed by atoms with Gasteiger partial charge in [-0.15, -0.1) is 0 Å². The Hall–Kier alpha value is -2.62. The van der Waals surface area contributed by atoms with Crippen LogP contribution in [0.2, 0.25) is 0 Å². The van der Waals surface area contributed by atoms with Gasteiger partial charge in [-0.1, -0.05) is 65.3 Å². The van der Waals surface area contributed by atoms with Crippen LogP contribution in [0.25, 0.3) is 0 Å². The molecule has 1 unspecified atom stereocenters. The lowest BCUT2D eigenvalue weighted by Gasteiger charge is -2.20. The fourth-order valence-electron chi connectivity index (χ4n) is 2.76. The molecule has 0 aromatic heterocycles. The topological polar surface area (TPSA) is 41.9 Å². The zero-order chi connectivity index (χ0) is 16.9. The number of rotatable bonds is 5. The third-order valence-electron chi connectivity index (χ3n) is 4.22. The minimum Gasteiger partial charge on any atom is -0.390 e. The van der Waals surface area contributed by atoms with Crippen molar-refractivity contribution in [1.82, 2.24) is 4.90 Å². The largest absolute Gasteiger partial charge is 0.390 e. The molecular formula is C20H22N2O2. The molecule has 1 aliphatic heterocycles. The van der Waals surface area contributed by atoms with Gasteiger partial charge in [0, 0.05) is 13.5 Å². The van der Waals surface area contributed by atoms with Gasteiger partial charge in [0.05, 0.1) is 18.7 Å². The van der Waals surface area contributed by atoms with E-state index in [9.17, 15) is 4.79 Å². The van der Waals surface area contributed by atoms with Crippen LogP contribution in [0.1, 0.15) is 23.1 Å². The van der Waals surface area contributed by atoms with E-state index >= 15 is 0 Å². The van der Waals surface area contributed by atoms with Crippen molar-refractivity contribution in [3.63, 3.8) is 0 Å². The molecule has 0 saturated carbocycles. The zero-order valence-electron chi connectivity index (χ0n) is 14.1. The maximum absolute atomic E-state index is 12.3. The number of carbonyl (C=O) groups is 1. The Morgan fingerprint density at radius 3 is 2.58 bits per heavy atom. The summed E-state index contributed by atoms with van der Waals surface area (Å²) in [6, 6.07) is 18.0. The highest BCUT2D eigenvalue weighted by Crippen LogP contribution is 2.18. The van der Waals surface area contributed by atoms with Crippen LogP contribution in [0.3, 0.4) is 0 Å². The molecule has 0 bridgehead atoms. The number of amides is 1. The molecule has 1 amide bonds. The SMILES string of the molecule is Cc1ccc(C2=NOC(CN(C)C(=O)Cc3ccccc3)C2)cc1. The van der Waals surface area contributed by atoms with E-state index in [0.29, 0.717) is 13.0 Å². The van der Waals surface area contributed by atoms with Gasteiger partial charge < -0.3 is 9.74 Å². The number of oxime groups is 1. The van der Waals surface area contributed by atoms with Gasteiger partial charge >= 0.3 is 0 Å². The number of carbonyl (C=O) groups excluding carboxylic acids is 1. The van der Waals surface area contributed by atoms with E-state index in [1.54, 1.807) is 4.90 Å². The van der Waals surface area contributed by atoms with Gasteiger partial charge in [0.1, 0.15) is 0 Å². The average molecular weight is 322 g/mol. The van der Waals surface area contributed by atoms with Crippen LogP contribution in [-0.2, 0) is 16.1 Å². The Labute approximate surface area is 142 Å². The molecule has 2 aromatic rings. The molecule has 0 spiro atoms. The van der Waals surface area contributed by atoms with Crippen molar-refractivity contribution in [2.75, 3.05) is 13.6 Å².